The van der Waals surface area contributed by atoms with Gasteiger partial charge in [0.2, 0.25) is 0 Å². The lowest BCUT2D eigenvalue weighted by atomic mass is 10.00. The number of aliphatic imine (C=N–C) groups is 1. The summed E-state index contributed by atoms with van der Waals surface area (Å²) < 4.78 is 11.4. The van der Waals surface area contributed by atoms with E-state index in [1.807, 2.05) is 19.2 Å². The molecule has 2 saturated heterocycles. The normalized spacial score (nSPS) is 26.0. The topological polar surface area (TPSA) is 61.4 Å². The summed E-state index contributed by atoms with van der Waals surface area (Å²) in [5.74, 6) is 1.79. The maximum absolute atomic E-state index is 5.90. The highest BCUT2D eigenvalue weighted by molar-refractivity contribution is 5.80. The second-order valence-corrected chi connectivity index (χ2v) is 9.15. The number of para-hydroxylation sites is 2. The summed E-state index contributed by atoms with van der Waals surface area (Å²) in [5, 5.41) is 7.16. The molecule has 3 atom stereocenters. The minimum absolute atomic E-state index is 0.0169. The van der Waals surface area contributed by atoms with Crippen molar-refractivity contribution in [2.75, 3.05) is 51.8 Å². The average Bonchev–Trinajstić information content (AvgIpc) is 3.18. The van der Waals surface area contributed by atoms with E-state index in [2.05, 4.69) is 65.3 Å². The van der Waals surface area contributed by atoms with Gasteiger partial charge >= 0.3 is 0 Å². The fraction of sp³-hybridized carbons (Fsp3) is 0.696. The van der Waals surface area contributed by atoms with Crippen LogP contribution in [-0.2, 0) is 4.74 Å². The van der Waals surface area contributed by atoms with Crippen molar-refractivity contribution in [1.82, 2.24) is 15.5 Å². The lowest BCUT2D eigenvalue weighted by Gasteiger charge is -2.45. The molecule has 0 amide bonds. The van der Waals surface area contributed by atoms with E-state index in [4.69, 9.17) is 9.47 Å². The van der Waals surface area contributed by atoms with Crippen LogP contribution in [0, 0.1) is 0 Å². The van der Waals surface area contributed by atoms with Gasteiger partial charge in [0.25, 0.3) is 0 Å². The Morgan fingerprint density at radius 1 is 1.20 bits per heavy atom. The lowest BCUT2D eigenvalue weighted by Crippen LogP contribution is -2.59. The highest BCUT2D eigenvalue weighted by Crippen LogP contribution is 2.30. The first-order valence-electron chi connectivity index (χ1n) is 11.1. The molecule has 2 aliphatic rings. The number of ether oxygens (including phenoxy) is 2. The minimum atomic E-state index is 0.0169. The van der Waals surface area contributed by atoms with Crippen LogP contribution < -0.4 is 20.3 Å². The van der Waals surface area contributed by atoms with Crippen molar-refractivity contribution in [1.29, 1.82) is 0 Å². The van der Waals surface area contributed by atoms with Gasteiger partial charge in [0.1, 0.15) is 5.75 Å². The smallest absolute Gasteiger partial charge is 0.191 e. The molecule has 3 rings (SSSR count). The summed E-state index contributed by atoms with van der Waals surface area (Å²) in [6, 6.07) is 8.58. The van der Waals surface area contributed by atoms with E-state index in [1.54, 1.807) is 7.11 Å². The number of morpholine rings is 1. The van der Waals surface area contributed by atoms with Crippen LogP contribution in [0.1, 0.15) is 34.1 Å². The summed E-state index contributed by atoms with van der Waals surface area (Å²) in [7, 11) is 3.57. The van der Waals surface area contributed by atoms with E-state index in [9.17, 15) is 0 Å². The first-order chi connectivity index (χ1) is 14.3. The number of nitrogens with one attached hydrogen (secondary N) is 2. The van der Waals surface area contributed by atoms with E-state index >= 15 is 0 Å². The molecule has 168 valence electrons. The van der Waals surface area contributed by atoms with Gasteiger partial charge in [-0.25, -0.2) is 0 Å². The summed E-state index contributed by atoms with van der Waals surface area (Å²) in [6.07, 6.45) is 1.61. The Hall–Kier alpha value is -1.99. The molecule has 0 saturated carbocycles. The Balaban J connectivity index is 1.52. The molecule has 1 aromatic rings. The molecule has 0 aromatic heterocycles. The summed E-state index contributed by atoms with van der Waals surface area (Å²) in [5.41, 5.74) is 1.17. The van der Waals surface area contributed by atoms with E-state index < -0.39 is 0 Å². The van der Waals surface area contributed by atoms with Crippen molar-refractivity contribution >= 4 is 11.6 Å². The van der Waals surface area contributed by atoms with Gasteiger partial charge in [-0.05, 0) is 46.2 Å². The molecule has 2 aliphatic heterocycles. The van der Waals surface area contributed by atoms with Crippen molar-refractivity contribution in [2.24, 2.45) is 4.99 Å². The molecule has 2 fully saturated rings. The van der Waals surface area contributed by atoms with Crippen molar-refractivity contribution in [3.63, 3.8) is 0 Å². The van der Waals surface area contributed by atoms with Crippen LogP contribution >= 0.6 is 0 Å². The Morgan fingerprint density at radius 3 is 2.57 bits per heavy atom. The standard InChI is InChI=1S/C23H39N5O2/c1-17-13-28(14-18(2)30-17)23(3,4)16-25-22(24-5)26-19-11-12-27(15-19)20-9-7-8-10-21(20)29-6/h7-10,17-19H,11-16H2,1-6H3,(H2,24,25,26). The summed E-state index contributed by atoms with van der Waals surface area (Å²) >= 11 is 0. The highest BCUT2D eigenvalue weighted by Gasteiger charge is 2.33. The Kier molecular flexibility index (Phi) is 7.47. The van der Waals surface area contributed by atoms with Gasteiger partial charge in [-0.15, -0.1) is 0 Å². The number of anilines is 1. The number of hydrogen-bond acceptors (Lipinski definition) is 5. The third-order valence-corrected chi connectivity index (χ3v) is 6.14. The van der Waals surface area contributed by atoms with Crippen LogP contribution in [0.2, 0.25) is 0 Å². The molecule has 0 spiro atoms. The van der Waals surface area contributed by atoms with Gasteiger partial charge in [0.05, 0.1) is 25.0 Å². The fourth-order valence-corrected chi connectivity index (χ4v) is 4.46. The predicted molar refractivity (Wildman–Crippen MR) is 124 cm³/mol. The third kappa shape index (κ3) is 5.58. The molecule has 3 unspecified atom stereocenters. The Labute approximate surface area is 181 Å². The predicted octanol–water partition coefficient (Wildman–Crippen LogP) is 2.33. The highest BCUT2D eigenvalue weighted by atomic mass is 16.5. The zero-order valence-electron chi connectivity index (χ0n) is 19.4. The Bertz CT molecular complexity index is 713. The first-order valence-corrected chi connectivity index (χ1v) is 11.1. The molecule has 0 radical (unpaired) electrons. The van der Waals surface area contributed by atoms with Crippen molar-refractivity contribution < 1.29 is 9.47 Å². The molecule has 0 aliphatic carbocycles. The molecule has 2 heterocycles. The molecule has 7 nitrogen and oxygen atoms in total. The molecular formula is C23H39N5O2. The number of nitrogens with zero attached hydrogens (tertiary/aromatic N) is 3. The van der Waals surface area contributed by atoms with Crippen LogP contribution in [0.4, 0.5) is 5.69 Å². The second-order valence-electron chi connectivity index (χ2n) is 9.15. The number of rotatable bonds is 6. The zero-order chi connectivity index (χ0) is 21.7. The molecule has 1 aromatic carbocycles. The van der Waals surface area contributed by atoms with Gasteiger partial charge < -0.3 is 25.0 Å². The van der Waals surface area contributed by atoms with Gasteiger partial charge in [-0.3, -0.25) is 9.89 Å². The van der Waals surface area contributed by atoms with E-state index in [1.165, 1.54) is 0 Å². The average molecular weight is 418 g/mol. The SMILES string of the molecule is CN=C(NCC(C)(C)N1CC(C)OC(C)C1)NC1CCN(c2ccccc2OC)C1. The first kappa shape index (κ1) is 22.7. The van der Waals surface area contributed by atoms with Crippen LogP contribution in [0.25, 0.3) is 0 Å². The quantitative estimate of drug-likeness (QED) is 0.547. The largest absolute Gasteiger partial charge is 0.495 e. The van der Waals surface area contributed by atoms with Crippen molar-refractivity contribution in [2.45, 2.75) is 57.9 Å². The molecule has 0 bridgehead atoms. The van der Waals surface area contributed by atoms with E-state index in [0.29, 0.717) is 6.04 Å². The molecular weight excluding hydrogens is 378 g/mol. The Morgan fingerprint density at radius 2 is 1.90 bits per heavy atom. The van der Waals surface area contributed by atoms with Crippen LogP contribution in [0.15, 0.2) is 29.3 Å². The number of methoxy groups -OCH3 is 1. The van der Waals surface area contributed by atoms with Gasteiger partial charge in [-0.1, -0.05) is 12.1 Å². The maximum atomic E-state index is 5.90. The summed E-state index contributed by atoms with van der Waals surface area (Å²) in [6.45, 7) is 13.6. The molecule has 2 N–H and O–H groups in total. The van der Waals surface area contributed by atoms with Gasteiger partial charge in [-0.2, -0.15) is 0 Å². The third-order valence-electron chi connectivity index (χ3n) is 6.14. The van der Waals surface area contributed by atoms with Crippen LogP contribution in [0.3, 0.4) is 0 Å². The lowest BCUT2D eigenvalue weighted by molar-refractivity contribution is -0.0946. The number of guanidine groups is 1. The maximum Gasteiger partial charge on any atom is 0.191 e. The minimum Gasteiger partial charge on any atom is -0.495 e. The molecule has 30 heavy (non-hydrogen) atoms. The van der Waals surface area contributed by atoms with E-state index in [-0.39, 0.29) is 17.7 Å². The van der Waals surface area contributed by atoms with Crippen molar-refractivity contribution in [3.05, 3.63) is 24.3 Å². The number of benzene rings is 1. The molecule has 7 heteroatoms. The fourth-order valence-electron chi connectivity index (χ4n) is 4.46. The number of hydrogen-bond donors (Lipinski definition) is 2. The zero-order valence-corrected chi connectivity index (χ0v) is 19.4. The summed E-state index contributed by atoms with van der Waals surface area (Å²) in [4.78, 5) is 9.37. The second kappa shape index (κ2) is 9.88. The van der Waals surface area contributed by atoms with Crippen LogP contribution in [0.5, 0.6) is 5.75 Å². The van der Waals surface area contributed by atoms with E-state index in [0.717, 1.165) is 56.5 Å². The van der Waals surface area contributed by atoms with Gasteiger partial charge in [0, 0.05) is 51.4 Å². The van der Waals surface area contributed by atoms with Crippen molar-refractivity contribution in [3.8, 4) is 5.75 Å². The monoisotopic (exact) mass is 417 g/mol. The van der Waals surface area contributed by atoms with Crippen LogP contribution in [-0.4, -0.2) is 81.5 Å². The van der Waals surface area contributed by atoms with Gasteiger partial charge in [0.15, 0.2) is 5.96 Å².